The van der Waals surface area contributed by atoms with Crippen LogP contribution < -0.4 is 0 Å². The molecule has 0 aliphatic heterocycles. The Bertz CT molecular complexity index is 419. The maximum absolute atomic E-state index is 10.7. The Balaban J connectivity index is 3.14. The van der Waals surface area contributed by atoms with Gasteiger partial charge in [-0.2, -0.15) is 0 Å². The molecule has 0 bridgehead atoms. The maximum atomic E-state index is 10.7. The second-order valence-electron chi connectivity index (χ2n) is 10.2. The molecule has 2 N–H and O–H groups in total. The predicted molar refractivity (Wildman–Crippen MR) is 102 cm³/mol. The summed E-state index contributed by atoms with van der Waals surface area (Å²) in [6.07, 6.45) is 4.56. The summed E-state index contributed by atoms with van der Waals surface area (Å²) in [6, 6.07) is 0. The fourth-order valence-corrected chi connectivity index (χ4v) is 9.09. The molecule has 27 heavy (non-hydrogen) atoms. The molecule has 0 amide bonds. The molecule has 0 radical (unpaired) electrons. The van der Waals surface area contributed by atoms with E-state index in [1.165, 1.54) is 0 Å². The normalized spacial score (nSPS) is 18.8. The minimum atomic E-state index is -5.12. The van der Waals surface area contributed by atoms with Gasteiger partial charge in [-0.25, -0.2) is 0 Å². The molecule has 162 valence electrons. The summed E-state index contributed by atoms with van der Waals surface area (Å²) in [7, 11) is -3.96. The van der Waals surface area contributed by atoms with Gasteiger partial charge in [0.25, 0.3) is 0 Å². The van der Waals surface area contributed by atoms with Crippen LogP contribution in [-0.4, -0.2) is 39.3 Å². The van der Waals surface area contributed by atoms with E-state index < -0.39 is 44.0 Å². The summed E-state index contributed by atoms with van der Waals surface area (Å²) in [4.78, 5) is 0. The Hall–Kier alpha value is 0.651. The van der Waals surface area contributed by atoms with E-state index in [9.17, 15) is 7.38 Å². The number of hydrogen-bond acceptors (Lipinski definition) is 7. The summed E-state index contributed by atoms with van der Waals surface area (Å²) in [5.74, 6) is 0. The summed E-state index contributed by atoms with van der Waals surface area (Å²) >= 11 is -5.12. The zero-order valence-corrected chi connectivity index (χ0v) is 21.1. The van der Waals surface area contributed by atoms with Gasteiger partial charge in [0.05, 0.1) is 0 Å². The van der Waals surface area contributed by atoms with Crippen molar-refractivity contribution in [3.8, 4) is 0 Å². The van der Waals surface area contributed by atoms with Crippen molar-refractivity contribution in [1.29, 1.82) is 0 Å². The Morgan fingerprint density at radius 1 is 0.704 bits per heavy atom. The van der Waals surface area contributed by atoms with Crippen LogP contribution in [0.25, 0.3) is 0 Å². The number of rotatable bonds is 7. The fourth-order valence-electron chi connectivity index (χ4n) is 2.84. The van der Waals surface area contributed by atoms with Gasteiger partial charge in [-0.1, -0.05) is 0 Å². The molecule has 0 heterocycles. The molecule has 0 saturated heterocycles. The van der Waals surface area contributed by atoms with Crippen molar-refractivity contribution in [2.45, 2.75) is 117 Å². The average Bonchev–Trinajstić information content (AvgIpc) is 2.30. The molecule has 0 aromatic heterocycles. The van der Waals surface area contributed by atoms with Crippen molar-refractivity contribution >= 4 is 9.05 Å². The van der Waals surface area contributed by atoms with Crippen LogP contribution in [0.4, 0.5) is 0 Å². The summed E-state index contributed by atoms with van der Waals surface area (Å²) in [5.41, 5.74) is -2.02. The van der Waals surface area contributed by atoms with Gasteiger partial charge in [-0.15, -0.1) is 0 Å². The van der Waals surface area contributed by atoms with Gasteiger partial charge >= 0.3 is 171 Å². The number of hydrogen-bond donors (Lipinski definition) is 2. The molecule has 7 nitrogen and oxygen atoms in total. The second kappa shape index (κ2) is 9.20. The molecule has 0 unspecified atom stereocenters. The van der Waals surface area contributed by atoms with E-state index in [4.69, 9.17) is 19.6 Å². The van der Waals surface area contributed by atoms with Gasteiger partial charge in [-0.05, 0) is 0 Å². The Morgan fingerprint density at radius 2 is 1.07 bits per heavy atom. The van der Waals surface area contributed by atoms with Crippen molar-refractivity contribution < 1.29 is 45.1 Å². The standard InChI is InChI=1S/C12H27O4Si.C6H11O.2H2O.Ti/c1-10(2,3)14-17(13,15-11(4,5)6)16-12(7,8)9;7-6-4-2-1-3-5-6;;;/h1-9H3;6H,1-5H2;2*1H2;/q2*-1;;;+4/p-2. The zero-order valence-electron chi connectivity index (χ0n) is 18.5. The molecule has 0 aromatic rings. The minimum absolute atomic E-state index is 0.209. The summed E-state index contributed by atoms with van der Waals surface area (Å²) < 4.78 is 51.2. The molecule has 0 spiro atoms. The topological polar surface area (TPSA) is 86.6 Å². The van der Waals surface area contributed by atoms with Gasteiger partial charge < -0.3 is 0 Å². The summed E-state index contributed by atoms with van der Waals surface area (Å²) in [6.45, 7) is 16.6. The van der Waals surface area contributed by atoms with Crippen molar-refractivity contribution in [2.75, 3.05) is 0 Å². The molecule has 1 saturated carbocycles. The van der Waals surface area contributed by atoms with Crippen LogP contribution in [0.2, 0.25) is 0 Å². The molecule has 1 aliphatic carbocycles. The third-order valence-corrected chi connectivity index (χ3v) is 9.94. The molecule has 0 atom stereocenters. The van der Waals surface area contributed by atoms with Crippen LogP contribution in [0, 0.1) is 0 Å². The molecule has 1 fully saturated rings. The molecule has 1 aliphatic rings. The van der Waals surface area contributed by atoms with E-state index in [-0.39, 0.29) is 6.10 Å². The molecule has 0 aromatic carbocycles. The van der Waals surface area contributed by atoms with Gasteiger partial charge in [0.2, 0.25) is 0 Å². The Labute approximate surface area is 171 Å². The van der Waals surface area contributed by atoms with Crippen LogP contribution in [-0.2, 0) is 37.7 Å². The first-order valence-electron chi connectivity index (χ1n) is 9.84. The predicted octanol–water partition coefficient (Wildman–Crippen LogP) is 4.03. The van der Waals surface area contributed by atoms with E-state index >= 15 is 0 Å². The van der Waals surface area contributed by atoms with Gasteiger partial charge in [0.15, 0.2) is 0 Å². The Morgan fingerprint density at radius 3 is 1.41 bits per heavy atom. The summed E-state index contributed by atoms with van der Waals surface area (Å²) in [5, 5.41) is 0. The van der Waals surface area contributed by atoms with E-state index in [0.717, 1.165) is 32.1 Å². The second-order valence-corrected chi connectivity index (χ2v) is 15.0. The van der Waals surface area contributed by atoms with E-state index in [1.54, 1.807) is 0 Å². The Kier molecular flexibility index (Phi) is 8.76. The molecular weight excluding hydrogens is 404 g/mol. The van der Waals surface area contributed by atoms with Gasteiger partial charge in [-0.3, -0.25) is 0 Å². The van der Waals surface area contributed by atoms with E-state index in [2.05, 4.69) is 0 Å². The van der Waals surface area contributed by atoms with Gasteiger partial charge in [0, 0.05) is 0 Å². The average molecular weight is 444 g/mol. The van der Waals surface area contributed by atoms with Crippen molar-refractivity contribution in [1.82, 2.24) is 0 Å². The first kappa shape index (κ1) is 25.7. The molecule has 1 rings (SSSR count). The van der Waals surface area contributed by atoms with Crippen molar-refractivity contribution in [2.24, 2.45) is 0 Å². The first-order chi connectivity index (χ1) is 11.9. The van der Waals surface area contributed by atoms with Gasteiger partial charge in [0.1, 0.15) is 0 Å². The van der Waals surface area contributed by atoms with Crippen LogP contribution in [0.5, 0.6) is 0 Å². The molecule has 9 heteroatoms. The third kappa shape index (κ3) is 11.4. The quantitative estimate of drug-likeness (QED) is 0.574. The third-order valence-electron chi connectivity index (χ3n) is 3.42. The zero-order chi connectivity index (χ0) is 21.1. The van der Waals surface area contributed by atoms with Crippen LogP contribution in [0.3, 0.4) is 0 Å². The van der Waals surface area contributed by atoms with Crippen LogP contribution in [0.15, 0.2) is 0 Å². The van der Waals surface area contributed by atoms with E-state index in [0.29, 0.717) is 0 Å². The van der Waals surface area contributed by atoms with Crippen molar-refractivity contribution in [3.05, 3.63) is 0 Å². The fraction of sp³-hybridized carbons (Fsp3) is 1.00. The van der Waals surface area contributed by atoms with Crippen LogP contribution in [0.1, 0.15) is 94.4 Å². The molecular formula is C18H40O7SiTi. The van der Waals surface area contributed by atoms with Crippen LogP contribution >= 0.6 is 0 Å². The van der Waals surface area contributed by atoms with Crippen molar-refractivity contribution in [3.63, 3.8) is 0 Å². The first-order valence-corrected chi connectivity index (χ1v) is 14.1. The van der Waals surface area contributed by atoms with E-state index in [1.807, 2.05) is 62.3 Å². The monoisotopic (exact) mass is 444 g/mol. The SMILES string of the molecule is CC(C)(C)O[Si](OC(C)(C)C)(OC(C)(C)C)[O][Ti]([OH])([OH])[O]C1CCCCC1.